The summed E-state index contributed by atoms with van der Waals surface area (Å²) in [7, 11) is 0. The van der Waals surface area contributed by atoms with Gasteiger partial charge >= 0.3 is 0 Å². The highest BCUT2D eigenvalue weighted by atomic mass is 16.2. The highest BCUT2D eigenvalue weighted by molar-refractivity contribution is 5.98. The van der Waals surface area contributed by atoms with Crippen molar-refractivity contribution in [1.29, 1.82) is 0 Å². The van der Waals surface area contributed by atoms with Gasteiger partial charge in [0.25, 0.3) is 0 Å². The van der Waals surface area contributed by atoms with E-state index in [-0.39, 0.29) is 55.1 Å². The van der Waals surface area contributed by atoms with Crippen molar-refractivity contribution in [3.8, 4) is 0 Å². The lowest BCUT2D eigenvalue weighted by molar-refractivity contribution is -0.142. The van der Waals surface area contributed by atoms with Gasteiger partial charge in [-0.25, -0.2) is 0 Å². The van der Waals surface area contributed by atoms with Crippen LogP contribution in [0.5, 0.6) is 0 Å². The van der Waals surface area contributed by atoms with Crippen LogP contribution in [-0.4, -0.2) is 58.9 Å². The van der Waals surface area contributed by atoms with Gasteiger partial charge in [0.1, 0.15) is 0 Å². The molecule has 0 bridgehead atoms. The zero-order valence-electron chi connectivity index (χ0n) is 19.7. The van der Waals surface area contributed by atoms with E-state index in [1.54, 1.807) is 34.1 Å². The summed E-state index contributed by atoms with van der Waals surface area (Å²) in [6.45, 7) is 7.17. The van der Waals surface area contributed by atoms with Crippen LogP contribution >= 0.6 is 0 Å². The third-order valence-electron chi connectivity index (χ3n) is 6.18. The lowest BCUT2D eigenvalue weighted by Gasteiger charge is -2.40. The van der Waals surface area contributed by atoms with E-state index in [0.717, 1.165) is 11.1 Å². The number of piperazine rings is 1. The quantitative estimate of drug-likeness (QED) is 0.573. The van der Waals surface area contributed by atoms with Crippen molar-refractivity contribution in [3.63, 3.8) is 0 Å². The van der Waals surface area contributed by atoms with E-state index in [1.807, 2.05) is 45.0 Å². The van der Waals surface area contributed by atoms with Crippen molar-refractivity contribution in [3.05, 3.63) is 70.8 Å². The monoisotopic (exact) mass is 448 g/mol. The minimum atomic E-state index is -0.127. The number of hydrogen-bond acceptors (Lipinski definition) is 4. The molecule has 1 heterocycles. The van der Waals surface area contributed by atoms with Crippen LogP contribution in [-0.2, 0) is 9.59 Å². The zero-order chi connectivity index (χ0) is 24.0. The molecule has 0 radical (unpaired) electrons. The first-order valence-electron chi connectivity index (χ1n) is 11.5. The van der Waals surface area contributed by atoms with Crippen LogP contribution < -0.4 is 0 Å². The van der Waals surface area contributed by atoms with Crippen LogP contribution in [0, 0.1) is 13.8 Å². The minimum Gasteiger partial charge on any atom is -0.339 e. The van der Waals surface area contributed by atoms with Crippen molar-refractivity contribution in [2.45, 2.75) is 52.5 Å². The normalized spacial score (nSPS) is 15.9. The third-order valence-corrected chi connectivity index (χ3v) is 6.18. The molecule has 174 valence electrons. The van der Waals surface area contributed by atoms with E-state index in [0.29, 0.717) is 30.8 Å². The summed E-state index contributed by atoms with van der Waals surface area (Å²) in [6, 6.07) is 14.6. The molecule has 0 spiro atoms. The molecule has 1 aliphatic heterocycles. The Morgan fingerprint density at radius 3 is 1.61 bits per heavy atom. The maximum Gasteiger partial charge on any atom is 0.223 e. The summed E-state index contributed by atoms with van der Waals surface area (Å²) in [6.07, 6.45) is 0.680. The first-order valence-corrected chi connectivity index (χ1v) is 11.5. The summed E-state index contributed by atoms with van der Waals surface area (Å²) >= 11 is 0. The fourth-order valence-corrected chi connectivity index (χ4v) is 4.06. The van der Waals surface area contributed by atoms with Crippen molar-refractivity contribution >= 4 is 23.4 Å². The Kier molecular flexibility index (Phi) is 8.15. The number of rotatable bonds is 8. The molecule has 1 atom stereocenters. The second kappa shape index (κ2) is 11.0. The lowest BCUT2D eigenvalue weighted by Crippen LogP contribution is -2.55. The first-order chi connectivity index (χ1) is 15.7. The lowest BCUT2D eigenvalue weighted by atomic mass is 10.0. The van der Waals surface area contributed by atoms with Gasteiger partial charge in [-0.15, -0.1) is 0 Å². The number of benzene rings is 2. The molecule has 2 aromatic rings. The summed E-state index contributed by atoms with van der Waals surface area (Å²) in [5, 5.41) is 0. The van der Waals surface area contributed by atoms with E-state index in [2.05, 4.69) is 0 Å². The molecule has 0 aliphatic carbocycles. The average Bonchev–Trinajstić information content (AvgIpc) is 2.81. The van der Waals surface area contributed by atoms with Gasteiger partial charge in [-0.05, 0) is 20.8 Å². The molecule has 6 heteroatoms. The largest absolute Gasteiger partial charge is 0.339 e. The van der Waals surface area contributed by atoms with Crippen LogP contribution in [0.3, 0.4) is 0 Å². The molecule has 1 aliphatic rings. The van der Waals surface area contributed by atoms with Crippen LogP contribution in [0.15, 0.2) is 48.5 Å². The molecular formula is C27H32N2O4. The smallest absolute Gasteiger partial charge is 0.223 e. The molecule has 0 saturated carbocycles. The van der Waals surface area contributed by atoms with Gasteiger partial charge < -0.3 is 9.80 Å². The molecule has 2 amide bonds. The molecule has 3 rings (SSSR count). The summed E-state index contributed by atoms with van der Waals surface area (Å²) < 4.78 is 0. The zero-order valence-corrected chi connectivity index (χ0v) is 19.7. The Labute approximate surface area is 195 Å². The Bertz CT molecular complexity index is 1010. The van der Waals surface area contributed by atoms with Gasteiger partial charge in [0.05, 0.1) is 0 Å². The van der Waals surface area contributed by atoms with Gasteiger partial charge in [-0.3, -0.25) is 19.2 Å². The van der Waals surface area contributed by atoms with Crippen molar-refractivity contribution in [2.75, 3.05) is 19.6 Å². The van der Waals surface area contributed by atoms with E-state index in [9.17, 15) is 19.2 Å². The highest BCUT2D eigenvalue weighted by Crippen LogP contribution is 2.16. The summed E-state index contributed by atoms with van der Waals surface area (Å²) in [5.41, 5.74) is 3.42. The molecule has 6 nitrogen and oxygen atoms in total. The number of nitrogens with zero attached hydrogens (tertiary/aromatic N) is 2. The number of carbonyl (C=O) groups is 4. The Morgan fingerprint density at radius 1 is 0.697 bits per heavy atom. The second-order valence-electron chi connectivity index (χ2n) is 8.85. The Morgan fingerprint density at radius 2 is 1.15 bits per heavy atom. The molecule has 33 heavy (non-hydrogen) atoms. The highest BCUT2D eigenvalue weighted by Gasteiger charge is 2.29. The predicted molar refractivity (Wildman–Crippen MR) is 127 cm³/mol. The molecule has 1 fully saturated rings. The number of carbonyl (C=O) groups excluding carboxylic acids is 4. The minimum absolute atomic E-state index is 0.0385. The Balaban J connectivity index is 1.44. The molecule has 1 saturated heterocycles. The van der Waals surface area contributed by atoms with Crippen LogP contribution in [0.25, 0.3) is 0 Å². The number of ketones is 2. The molecule has 0 N–H and O–H groups in total. The van der Waals surface area contributed by atoms with Crippen molar-refractivity contribution in [1.82, 2.24) is 9.80 Å². The number of amides is 2. The van der Waals surface area contributed by atoms with Crippen molar-refractivity contribution < 1.29 is 19.2 Å². The second-order valence-corrected chi connectivity index (χ2v) is 8.85. The van der Waals surface area contributed by atoms with E-state index in [4.69, 9.17) is 0 Å². The molecule has 2 aromatic carbocycles. The van der Waals surface area contributed by atoms with Crippen molar-refractivity contribution in [2.24, 2.45) is 0 Å². The number of aryl methyl sites for hydroxylation is 2. The van der Waals surface area contributed by atoms with Crippen LogP contribution in [0.4, 0.5) is 0 Å². The SMILES string of the molecule is Cc1ccc(C(=O)CCC(=O)N2CCN(C(=O)CCC(=O)c3ccc(C)cc3)[C@@H](C)C2)cc1. The standard InChI is InChI=1S/C27H32N2O4/c1-19-4-8-22(9-5-19)24(30)12-14-26(32)28-16-17-29(21(3)18-28)27(33)15-13-25(31)23-10-6-20(2)7-11-23/h4-11,21H,12-18H2,1-3H3/t21-/m0/s1. The van der Waals surface area contributed by atoms with E-state index in [1.165, 1.54) is 0 Å². The van der Waals surface area contributed by atoms with Gasteiger partial charge in [0, 0.05) is 62.5 Å². The maximum absolute atomic E-state index is 12.7. The summed E-state index contributed by atoms with van der Waals surface area (Å²) in [5.74, 6) is -0.208. The van der Waals surface area contributed by atoms with Gasteiger partial charge in [0.2, 0.25) is 11.8 Å². The molecular weight excluding hydrogens is 416 g/mol. The fourth-order valence-electron chi connectivity index (χ4n) is 4.06. The topological polar surface area (TPSA) is 74.8 Å². The Hall–Kier alpha value is -3.28. The predicted octanol–water partition coefficient (Wildman–Crippen LogP) is 3.99. The van der Waals surface area contributed by atoms with E-state index >= 15 is 0 Å². The summed E-state index contributed by atoms with van der Waals surface area (Å²) in [4.78, 5) is 53.5. The average molecular weight is 449 g/mol. The first kappa shape index (κ1) is 24.4. The van der Waals surface area contributed by atoms with Gasteiger partial charge in [0.15, 0.2) is 11.6 Å². The van der Waals surface area contributed by atoms with E-state index < -0.39 is 0 Å². The fraction of sp³-hybridized carbons (Fsp3) is 0.407. The number of Topliss-reactive ketones (excluding diaryl/α,β-unsaturated/α-hetero) is 2. The third kappa shape index (κ3) is 6.60. The molecule has 0 unspecified atom stereocenters. The molecule has 0 aromatic heterocycles. The van der Waals surface area contributed by atoms with Crippen LogP contribution in [0.1, 0.15) is 64.4 Å². The van der Waals surface area contributed by atoms with Gasteiger partial charge in [-0.1, -0.05) is 59.7 Å². The van der Waals surface area contributed by atoms with Crippen LogP contribution in [0.2, 0.25) is 0 Å². The van der Waals surface area contributed by atoms with Gasteiger partial charge in [-0.2, -0.15) is 0 Å². The number of hydrogen-bond donors (Lipinski definition) is 0. The maximum atomic E-state index is 12.7.